The number of fused-ring (bicyclic) bond motifs is 11. The van der Waals surface area contributed by atoms with Crippen molar-refractivity contribution in [2.24, 2.45) is 0 Å². The van der Waals surface area contributed by atoms with E-state index in [9.17, 15) is 0 Å². The second kappa shape index (κ2) is 18.0. The lowest BCUT2D eigenvalue weighted by molar-refractivity contribution is 0.628. The fraction of sp³-hybridized carbons (Fsp3) is 0.0400. The van der Waals surface area contributed by atoms with Gasteiger partial charge in [-0.2, -0.15) is 0 Å². The van der Waals surface area contributed by atoms with Gasteiger partial charge >= 0.3 is 0 Å². The quantitative estimate of drug-likeness (QED) is 0.150. The van der Waals surface area contributed by atoms with E-state index in [2.05, 4.69) is 206 Å². The molecule has 83 heavy (non-hydrogen) atoms. The minimum Gasteiger partial charge on any atom is -0.456 e. The van der Waals surface area contributed by atoms with Gasteiger partial charge in [-0.1, -0.05) is 172 Å². The first-order valence-corrected chi connectivity index (χ1v) is 28.0. The Morgan fingerprint density at radius 1 is 0.325 bits per heavy atom. The monoisotopic (exact) mass is 1070 g/mol. The summed E-state index contributed by atoms with van der Waals surface area (Å²) in [5, 5.41) is 6.35. The van der Waals surface area contributed by atoms with E-state index in [1.54, 1.807) is 0 Å². The summed E-state index contributed by atoms with van der Waals surface area (Å²) in [6, 6.07) is 86.5. The maximum absolute atomic E-state index is 6.84. The van der Waals surface area contributed by atoms with Crippen molar-refractivity contribution in [3.63, 3.8) is 0 Å². The summed E-state index contributed by atoms with van der Waals surface area (Å²) in [7, 11) is 0. The van der Waals surface area contributed by atoms with Crippen LogP contribution in [0.2, 0.25) is 0 Å². The molecule has 17 rings (SSSR count). The molecular formula is C75H47N5O3. The molecule has 0 bridgehead atoms. The molecule has 0 saturated carbocycles. The van der Waals surface area contributed by atoms with E-state index in [4.69, 9.17) is 33.2 Å². The van der Waals surface area contributed by atoms with Gasteiger partial charge in [0.1, 0.15) is 33.7 Å². The molecule has 0 spiro atoms. The molecule has 0 amide bonds. The van der Waals surface area contributed by atoms with Gasteiger partial charge in [0.15, 0.2) is 23.2 Å². The summed E-state index contributed by atoms with van der Waals surface area (Å²) >= 11 is 0. The van der Waals surface area contributed by atoms with E-state index < -0.39 is 0 Å². The van der Waals surface area contributed by atoms with Crippen LogP contribution in [-0.2, 0) is 5.41 Å². The lowest BCUT2D eigenvalue weighted by atomic mass is 9.82. The Kier molecular flexibility index (Phi) is 10.2. The van der Waals surface area contributed by atoms with Gasteiger partial charge in [0.25, 0.3) is 0 Å². The molecule has 8 heteroatoms. The van der Waals surface area contributed by atoms with Crippen LogP contribution < -0.4 is 0 Å². The molecule has 6 heterocycles. The maximum Gasteiger partial charge on any atom is 0.162 e. The summed E-state index contributed by atoms with van der Waals surface area (Å²) in [4.78, 5) is 21.2. The molecule has 0 radical (unpaired) electrons. The van der Waals surface area contributed by atoms with Crippen molar-refractivity contribution in [3.05, 3.63) is 260 Å². The second-order valence-electron chi connectivity index (χ2n) is 22.1. The van der Waals surface area contributed by atoms with Gasteiger partial charge in [-0.25, -0.2) is 19.9 Å². The minimum atomic E-state index is -0.163. The highest BCUT2D eigenvalue weighted by Gasteiger charge is 2.37. The number of benzene rings is 10. The lowest BCUT2D eigenvalue weighted by Gasteiger charge is -2.21. The van der Waals surface area contributed by atoms with Crippen molar-refractivity contribution < 1.29 is 13.3 Å². The third kappa shape index (κ3) is 7.46. The van der Waals surface area contributed by atoms with Gasteiger partial charge in [-0.05, 0) is 124 Å². The van der Waals surface area contributed by atoms with E-state index in [-0.39, 0.29) is 5.41 Å². The predicted octanol–water partition coefficient (Wildman–Crippen LogP) is 19.7. The Hall–Kier alpha value is -11.0. The van der Waals surface area contributed by atoms with E-state index >= 15 is 0 Å². The van der Waals surface area contributed by atoms with Crippen molar-refractivity contribution in [3.8, 4) is 96.1 Å². The Labute approximate surface area is 476 Å². The van der Waals surface area contributed by atoms with Crippen molar-refractivity contribution in [2.45, 2.75) is 19.3 Å². The van der Waals surface area contributed by atoms with Crippen LogP contribution in [0, 0.1) is 0 Å². The van der Waals surface area contributed by atoms with Crippen LogP contribution in [0.5, 0.6) is 0 Å². The lowest BCUT2D eigenvalue weighted by Crippen LogP contribution is -2.14. The Morgan fingerprint density at radius 2 is 0.880 bits per heavy atom. The molecule has 0 aliphatic heterocycles. The summed E-state index contributed by atoms with van der Waals surface area (Å²) in [5.74, 6) is 2.56. The van der Waals surface area contributed by atoms with E-state index in [1.807, 2.05) is 60.7 Å². The maximum atomic E-state index is 6.84. The first kappa shape index (κ1) is 46.9. The molecule has 1 aliphatic carbocycles. The number of para-hydroxylation sites is 4. The van der Waals surface area contributed by atoms with Gasteiger partial charge in [0.05, 0.1) is 28.1 Å². The van der Waals surface area contributed by atoms with Gasteiger partial charge in [-0.3, -0.25) is 0 Å². The number of aromatic nitrogens is 5. The number of furan rings is 3. The molecule has 390 valence electrons. The molecule has 0 saturated heterocycles. The molecule has 10 aromatic carbocycles. The van der Waals surface area contributed by atoms with Gasteiger partial charge < -0.3 is 17.8 Å². The van der Waals surface area contributed by atoms with E-state index in [0.29, 0.717) is 34.6 Å². The van der Waals surface area contributed by atoms with Gasteiger partial charge in [0, 0.05) is 60.0 Å². The highest BCUT2D eigenvalue weighted by molar-refractivity contribution is 6.12. The number of hydrogen-bond acceptors (Lipinski definition) is 7. The van der Waals surface area contributed by atoms with Crippen LogP contribution in [0.15, 0.2) is 262 Å². The van der Waals surface area contributed by atoms with Crippen LogP contribution in [0.1, 0.15) is 25.0 Å². The van der Waals surface area contributed by atoms with Crippen LogP contribution >= 0.6 is 0 Å². The molecule has 6 aromatic heterocycles. The second-order valence-corrected chi connectivity index (χ2v) is 22.1. The SMILES string of the molecule is CC1(C)c2ccccc2-c2c(-c3cc(-c4cc5ccccc5o4)nc(-c4ccc5c(c4)oc4cc(-c6ccc7c(c6)c6ccccc6n7-c6ccccc6-c6nc(-c7ccccc7)cc(-c7cc8ccccc8o7)n6)ccc45)n3)cccc21. The molecule has 0 atom stereocenters. The Morgan fingerprint density at radius 3 is 1.65 bits per heavy atom. The Bertz CT molecular complexity index is 5260. The summed E-state index contributed by atoms with van der Waals surface area (Å²) in [5.41, 5.74) is 20.1. The molecule has 0 fully saturated rings. The standard InChI is InChI=1S/C75H47N5O3/c1-75(2)57-25-11-8-22-53(57)72-54(24-16-26-58(72)75)60-43-62(71-40-48-20-7-15-30-67(48)82-71)78-73(77-60)49-32-35-52-51-34-31-46(38-68(51)83-69(52)41-49)45-33-36-65-56(37-45)50-21-9-12-27-63(50)80(65)64-28-13-10-23-55(64)74-76-59(44-17-4-3-5-18-44)42-61(79-74)70-39-47-19-6-14-29-66(47)81-70/h3-43H,1-2H3. The normalized spacial score (nSPS) is 12.8. The molecular weight excluding hydrogens is 1020 g/mol. The third-order valence-electron chi connectivity index (χ3n) is 16.9. The largest absolute Gasteiger partial charge is 0.456 e. The minimum absolute atomic E-state index is 0.163. The van der Waals surface area contributed by atoms with E-state index in [1.165, 1.54) is 22.3 Å². The zero-order chi connectivity index (χ0) is 54.9. The molecule has 0 unspecified atom stereocenters. The first-order chi connectivity index (χ1) is 40.8. The van der Waals surface area contributed by atoms with Crippen molar-refractivity contribution in [1.29, 1.82) is 0 Å². The molecule has 16 aromatic rings. The highest BCUT2D eigenvalue weighted by Crippen LogP contribution is 2.52. The smallest absolute Gasteiger partial charge is 0.162 e. The highest BCUT2D eigenvalue weighted by atomic mass is 16.3. The third-order valence-corrected chi connectivity index (χ3v) is 16.9. The number of hydrogen-bond donors (Lipinski definition) is 0. The predicted molar refractivity (Wildman–Crippen MR) is 334 cm³/mol. The fourth-order valence-corrected chi connectivity index (χ4v) is 12.8. The average Bonchev–Trinajstić information content (AvgIpc) is 4.13. The average molecular weight is 1070 g/mol. The first-order valence-electron chi connectivity index (χ1n) is 28.0. The summed E-state index contributed by atoms with van der Waals surface area (Å²) < 4.78 is 22.1. The number of nitrogens with zero attached hydrogens (tertiary/aromatic N) is 5. The van der Waals surface area contributed by atoms with Gasteiger partial charge in [0.2, 0.25) is 0 Å². The van der Waals surface area contributed by atoms with Crippen molar-refractivity contribution in [1.82, 2.24) is 24.5 Å². The van der Waals surface area contributed by atoms with Crippen LogP contribution in [-0.4, -0.2) is 24.5 Å². The van der Waals surface area contributed by atoms with Crippen LogP contribution in [0.3, 0.4) is 0 Å². The fourth-order valence-electron chi connectivity index (χ4n) is 12.8. The molecule has 1 aliphatic rings. The molecule has 0 N–H and O–H groups in total. The Balaban J connectivity index is 0.762. The summed E-state index contributed by atoms with van der Waals surface area (Å²) in [6.07, 6.45) is 0. The van der Waals surface area contributed by atoms with Crippen molar-refractivity contribution in [2.75, 3.05) is 0 Å². The van der Waals surface area contributed by atoms with Crippen molar-refractivity contribution >= 4 is 65.7 Å². The topological polar surface area (TPSA) is 95.9 Å². The number of rotatable bonds is 8. The molecule has 8 nitrogen and oxygen atoms in total. The zero-order valence-electron chi connectivity index (χ0n) is 45.1. The summed E-state index contributed by atoms with van der Waals surface area (Å²) in [6.45, 7) is 4.61. The van der Waals surface area contributed by atoms with E-state index in [0.717, 1.165) is 116 Å². The van der Waals surface area contributed by atoms with Crippen LogP contribution in [0.4, 0.5) is 0 Å². The van der Waals surface area contributed by atoms with Crippen LogP contribution in [0.25, 0.3) is 162 Å². The zero-order valence-corrected chi connectivity index (χ0v) is 45.1. The van der Waals surface area contributed by atoms with Gasteiger partial charge in [-0.15, -0.1) is 0 Å².